The number of nitrogens with zero attached hydrogens (tertiary/aromatic N) is 2. The molecule has 0 spiro atoms. The van der Waals surface area contributed by atoms with Crippen molar-refractivity contribution >= 4 is 17.8 Å². The molecule has 0 saturated carbocycles. The van der Waals surface area contributed by atoms with Crippen LogP contribution in [0.3, 0.4) is 0 Å². The predicted molar refractivity (Wildman–Crippen MR) is 114 cm³/mol. The normalized spacial score (nSPS) is 14.4. The van der Waals surface area contributed by atoms with Crippen LogP contribution in [-0.2, 0) is 11.2 Å². The molecule has 1 aliphatic rings. The number of ether oxygens (including phenoxy) is 1. The van der Waals surface area contributed by atoms with Crippen molar-refractivity contribution in [2.45, 2.75) is 32.8 Å². The lowest BCUT2D eigenvalue weighted by atomic mass is 10.0. The molecule has 1 saturated heterocycles. The van der Waals surface area contributed by atoms with Crippen LogP contribution in [-0.4, -0.2) is 53.7 Å². The minimum absolute atomic E-state index is 0.144. The van der Waals surface area contributed by atoms with Gasteiger partial charge in [-0.15, -0.1) is 0 Å². The topological polar surface area (TPSA) is 61.9 Å². The number of hydrogen-bond acceptors (Lipinski definition) is 3. The van der Waals surface area contributed by atoms with Gasteiger partial charge in [-0.05, 0) is 44.4 Å². The van der Waals surface area contributed by atoms with Crippen LogP contribution in [0.2, 0.25) is 0 Å². The Morgan fingerprint density at radius 2 is 1.48 bits per heavy atom. The molecule has 2 aromatic carbocycles. The van der Waals surface area contributed by atoms with Gasteiger partial charge in [-0.2, -0.15) is 0 Å². The highest BCUT2D eigenvalue weighted by atomic mass is 16.6. The predicted octanol–water partition coefficient (Wildman–Crippen LogP) is 4.36. The van der Waals surface area contributed by atoms with E-state index in [0.717, 1.165) is 17.7 Å². The Bertz CT molecular complexity index is 838. The zero-order valence-electron chi connectivity index (χ0n) is 17.4. The maximum absolute atomic E-state index is 12.8. The van der Waals surface area contributed by atoms with Crippen molar-refractivity contribution in [3.8, 4) is 0 Å². The van der Waals surface area contributed by atoms with Crippen molar-refractivity contribution in [1.82, 2.24) is 9.80 Å². The molecular formula is C23H29N3O3. The highest BCUT2D eigenvalue weighted by Crippen LogP contribution is 2.20. The minimum atomic E-state index is -0.520. The number of urea groups is 1. The smallest absolute Gasteiger partial charge is 0.410 e. The molecule has 0 aliphatic carbocycles. The van der Waals surface area contributed by atoms with Crippen molar-refractivity contribution in [2.75, 3.05) is 31.5 Å². The summed E-state index contributed by atoms with van der Waals surface area (Å²) in [5, 5.41) is 3.04. The zero-order chi connectivity index (χ0) is 20.9. The fourth-order valence-corrected chi connectivity index (χ4v) is 3.23. The molecule has 6 heteroatoms. The van der Waals surface area contributed by atoms with E-state index in [-0.39, 0.29) is 12.1 Å². The second-order valence-electron chi connectivity index (χ2n) is 8.20. The first kappa shape index (κ1) is 20.7. The highest BCUT2D eigenvalue weighted by Gasteiger charge is 2.27. The van der Waals surface area contributed by atoms with Crippen LogP contribution in [0.15, 0.2) is 54.6 Å². The molecule has 154 valence electrons. The molecular weight excluding hydrogens is 366 g/mol. The van der Waals surface area contributed by atoms with Crippen molar-refractivity contribution in [2.24, 2.45) is 0 Å². The molecule has 1 fully saturated rings. The van der Waals surface area contributed by atoms with Gasteiger partial charge in [-0.3, -0.25) is 0 Å². The van der Waals surface area contributed by atoms with Crippen LogP contribution < -0.4 is 5.32 Å². The summed E-state index contributed by atoms with van der Waals surface area (Å²) < 4.78 is 5.41. The Labute approximate surface area is 172 Å². The molecule has 1 heterocycles. The van der Waals surface area contributed by atoms with E-state index < -0.39 is 5.60 Å². The molecule has 29 heavy (non-hydrogen) atoms. The number of benzene rings is 2. The van der Waals surface area contributed by atoms with Crippen LogP contribution >= 0.6 is 0 Å². The van der Waals surface area contributed by atoms with E-state index in [0.29, 0.717) is 26.2 Å². The molecule has 6 nitrogen and oxygen atoms in total. The number of amides is 3. The van der Waals surface area contributed by atoms with E-state index >= 15 is 0 Å². The Hall–Kier alpha value is -3.02. The standard InChI is InChI=1S/C23H29N3O3/c1-23(2,3)29-22(28)26-15-13-25(14-16-26)21(27)24-20-12-8-7-11-19(20)17-18-9-5-4-6-10-18/h4-12H,13-17H2,1-3H3,(H,24,27). The summed E-state index contributed by atoms with van der Waals surface area (Å²) in [4.78, 5) is 28.3. The van der Waals surface area contributed by atoms with E-state index in [9.17, 15) is 9.59 Å². The van der Waals surface area contributed by atoms with Gasteiger partial charge in [0.15, 0.2) is 0 Å². The number of nitrogens with one attached hydrogen (secondary N) is 1. The number of hydrogen-bond donors (Lipinski definition) is 1. The summed E-state index contributed by atoms with van der Waals surface area (Å²) in [6.45, 7) is 7.43. The Morgan fingerprint density at radius 1 is 0.897 bits per heavy atom. The largest absolute Gasteiger partial charge is 0.444 e. The van der Waals surface area contributed by atoms with Crippen molar-refractivity contribution in [3.63, 3.8) is 0 Å². The molecule has 0 unspecified atom stereocenters. The molecule has 1 aliphatic heterocycles. The lowest BCUT2D eigenvalue weighted by molar-refractivity contribution is 0.0174. The summed E-state index contributed by atoms with van der Waals surface area (Å²) in [6, 6.07) is 17.9. The van der Waals surface area contributed by atoms with Gasteiger partial charge >= 0.3 is 12.1 Å². The Morgan fingerprint density at radius 3 is 2.14 bits per heavy atom. The summed E-state index contributed by atoms with van der Waals surface area (Å²) in [6.07, 6.45) is 0.426. The first-order valence-corrected chi connectivity index (χ1v) is 9.97. The van der Waals surface area contributed by atoms with E-state index in [1.165, 1.54) is 5.56 Å². The van der Waals surface area contributed by atoms with Gasteiger partial charge in [0, 0.05) is 31.9 Å². The fraction of sp³-hybridized carbons (Fsp3) is 0.391. The van der Waals surface area contributed by atoms with Crippen LogP contribution in [0.1, 0.15) is 31.9 Å². The number of carbonyl (C=O) groups is 2. The molecule has 0 aromatic heterocycles. The first-order chi connectivity index (χ1) is 13.8. The summed E-state index contributed by atoms with van der Waals surface area (Å²) in [5.41, 5.74) is 2.56. The lowest BCUT2D eigenvalue weighted by Gasteiger charge is -2.35. The summed E-state index contributed by atoms with van der Waals surface area (Å²) in [5.74, 6) is 0. The van der Waals surface area contributed by atoms with Gasteiger partial charge in [-0.1, -0.05) is 48.5 Å². The van der Waals surface area contributed by atoms with Crippen molar-refractivity contribution in [1.29, 1.82) is 0 Å². The molecule has 3 rings (SSSR count). The van der Waals surface area contributed by atoms with Gasteiger partial charge < -0.3 is 19.9 Å². The second kappa shape index (κ2) is 8.99. The maximum atomic E-state index is 12.8. The van der Waals surface area contributed by atoms with Crippen LogP contribution in [0.4, 0.5) is 15.3 Å². The van der Waals surface area contributed by atoms with Crippen LogP contribution in [0.25, 0.3) is 0 Å². The number of piperazine rings is 1. The third-order valence-electron chi connectivity index (χ3n) is 4.71. The maximum Gasteiger partial charge on any atom is 0.410 e. The third kappa shape index (κ3) is 5.98. The number of carbonyl (C=O) groups excluding carboxylic acids is 2. The van der Waals surface area contributed by atoms with Gasteiger partial charge in [0.2, 0.25) is 0 Å². The minimum Gasteiger partial charge on any atom is -0.444 e. The van der Waals surface area contributed by atoms with Crippen LogP contribution in [0.5, 0.6) is 0 Å². The molecule has 0 radical (unpaired) electrons. The molecule has 1 N–H and O–H groups in total. The summed E-state index contributed by atoms with van der Waals surface area (Å²) in [7, 11) is 0. The van der Waals surface area contributed by atoms with E-state index in [4.69, 9.17) is 4.74 Å². The van der Waals surface area contributed by atoms with E-state index in [1.54, 1.807) is 9.80 Å². The number of para-hydroxylation sites is 1. The third-order valence-corrected chi connectivity index (χ3v) is 4.71. The summed E-state index contributed by atoms with van der Waals surface area (Å²) >= 11 is 0. The van der Waals surface area contributed by atoms with Crippen molar-refractivity contribution < 1.29 is 14.3 Å². The van der Waals surface area contributed by atoms with Crippen LogP contribution in [0, 0.1) is 0 Å². The first-order valence-electron chi connectivity index (χ1n) is 9.97. The average Bonchev–Trinajstić information content (AvgIpc) is 2.69. The monoisotopic (exact) mass is 395 g/mol. The van der Waals surface area contributed by atoms with Gasteiger partial charge in [0.05, 0.1) is 0 Å². The zero-order valence-corrected chi connectivity index (χ0v) is 17.4. The highest BCUT2D eigenvalue weighted by molar-refractivity contribution is 5.90. The Balaban J connectivity index is 1.57. The quantitative estimate of drug-likeness (QED) is 0.840. The molecule has 0 bridgehead atoms. The molecule has 0 atom stereocenters. The lowest BCUT2D eigenvalue weighted by Crippen LogP contribution is -2.52. The van der Waals surface area contributed by atoms with E-state index in [2.05, 4.69) is 17.4 Å². The van der Waals surface area contributed by atoms with Gasteiger partial charge in [0.1, 0.15) is 5.60 Å². The number of anilines is 1. The van der Waals surface area contributed by atoms with E-state index in [1.807, 2.05) is 63.2 Å². The van der Waals surface area contributed by atoms with Gasteiger partial charge in [0.25, 0.3) is 0 Å². The second-order valence-corrected chi connectivity index (χ2v) is 8.20. The Kier molecular flexibility index (Phi) is 6.42. The molecule has 3 amide bonds. The fourth-order valence-electron chi connectivity index (χ4n) is 3.23. The number of rotatable bonds is 3. The van der Waals surface area contributed by atoms with Crippen molar-refractivity contribution in [3.05, 3.63) is 65.7 Å². The van der Waals surface area contributed by atoms with Gasteiger partial charge in [-0.25, -0.2) is 9.59 Å². The molecule has 2 aromatic rings. The SMILES string of the molecule is CC(C)(C)OC(=O)N1CCN(C(=O)Nc2ccccc2Cc2ccccc2)CC1. The average molecular weight is 396 g/mol.